The minimum Gasteiger partial charge on any atom is -0.385 e. The number of halogens is 1. The van der Waals surface area contributed by atoms with Gasteiger partial charge in [-0.15, -0.1) is 0 Å². The summed E-state index contributed by atoms with van der Waals surface area (Å²) in [6.45, 7) is 3.74. The van der Waals surface area contributed by atoms with Gasteiger partial charge in [0.25, 0.3) is 0 Å². The highest BCUT2D eigenvalue weighted by Crippen LogP contribution is 2.24. The quantitative estimate of drug-likeness (QED) is 0.713. The van der Waals surface area contributed by atoms with Crippen molar-refractivity contribution >= 4 is 0 Å². The van der Waals surface area contributed by atoms with E-state index in [9.17, 15) is 9.50 Å². The Morgan fingerprint density at radius 3 is 2.82 bits per heavy atom. The molecule has 0 aromatic heterocycles. The Morgan fingerprint density at radius 2 is 2.18 bits per heavy atom. The van der Waals surface area contributed by atoms with Crippen molar-refractivity contribution in [2.75, 3.05) is 26.8 Å². The van der Waals surface area contributed by atoms with Crippen molar-refractivity contribution in [3.8, 4) is 0 Å². The Hall–Kier alpha value is -0.970. The average molecular weight is 241 g/mol. The zero-order valence-electron chi connectivity index (χ0n) is 10.4. The highest BCUT2D eigenvalue weighted by atomic mass is 19.1. The predicted molar refractivity (Wildman–Crippen MR) is 65.3 cm³/mol. The van der Waals surface area contributed by atoms with Gasteiger partial charge in [-0.25, -0.2) is 4.39 Å². The van der Waals surface area contributed by atoms with E-state index in [1.165, 1.54) is 12.1 Å². The number of benzene rings is 1. The number of rotatable bonds is 7. The van der Waals surface area contributed by atoms with Gasteiger partial charge >= 0.3 is 0 Å². The first-order valence-corrected chi connectivity index (χ1v) is 5.74. The molecule has 0 fully saturated rings. The van der Waals surface area contributed by atoms with Crippen LogP contribution >= 0.6 is 0 Å². The summed E-state index contributed by atoms with van der Waals surface area (Å²) in [6.07, 6.45) is 0.528. The zero-order chi connectivity index (χ0) is 12.7. The van der Waals surface area contributed by atoms with Crippen molar-refractivity contribution in [2.24, 2.45) is 0 Å². The third kappa shape index (κ3) is 4.81. The summed E-state index contributed by atoms with van der Waals surface area (Å²) < 4.78 is 17.9. The van der Waals surface area contributed by atoms with Gasteiger partial charge in [-0.2, -0.15) is 0 Å². The molecule has 0 amide bonds. The molecule has 0 radical (unpaired) electrons. The van der Waals surface area contributed by atoms with Crippen LogP contribution in [-0.2, 0) is 10.3 Å². The highest BCUT2D eigenvalue weighted by Gasteiger charge is 2.22. The van der Waals surface area contributed by atoms with Gasteiger partial charge in [-0.3, -0.25) is 0 Å². The van der Waals surface area contributed by atoms with E-state index in [4.69, 9.17) is 4.74 Å². The molecule has 3 nitrogen and oxygen atoms in total. The molecule has 0 aliphatic rings. The maximum atomic E-state index is 13.0. The maximum Gasteiger partial charge on any atom is 0.123 e. The van der Waals surface area contributed by atoms with Crippen LogP contribution in [0.25, 0.3) is 0 Å². The van der Waals surface area contributed by atoms with Gasteiger partial charge in [0.1, 0.15) is 5.82 Å². The van der Waals surface area contributed by atoms with Crippen LogP contribution < -0.4 is 5.32 Å². The smallest absolute Gasteiger partial charge is 0.123 e. The second-order valence-corrected chi connectivity index (χ2v) is 4.28. The van der Waals surface area contributed by atoms with Crippen molar-refractivity contribution in [3.05, 3.63) is 35.6 Å². The number of nitrogens with one attached hydrogen (secondary N) is 1. The topological polar surface area (TPSA) is 41.5 Å². The van der Waals surface area contributed by atoms with Crippen LogP contribution in [0.15, 0.2) is 24.3 Å². The molecule has 4 heteroatoms. The number of methoxy groups -OCH3 is 1. The molecule has 1 aromatic rings. The number of ether oxygens (including phenoxy) is 1. The van der Waals surface area contributed by atoms with Gasteiger partial charge in [-0.05, 0) is 37.6 Å². The molecule has 1 rings (SSSR count). The highest BCUT2D eigenvalue weighted by molar-refractivity contribution is 5.22. The van der Waals surface area contributed by atoms with Gasteiger partial charge in [0.2, 0.25) is 0 Å². The summed E-state index contributed by atoms with van der Waals surface area (Å²) in [7, 11) is 1.64. The largest absolute Gasteiger partial charge is 0.385 e. The number of hydrogen-bond acceptors (Lipinski definition) is 3. The van der Waals surface area contributed by atoms with Crippen LogP contribution in [0.1, 0.15) is 18.9 Å². The minimum atomic E-state index is -1.01. The SMILES string of the molecule is COCCNCCC(C)(O)c1cccc(F)c1. The molecule has 2 N–H and O–H groups in total. The summed E-state index contributed by atoms with van der Waals surface area (Å²) in [5.41, 5.74) is -0.409. The summed E-state index contributed by atoms with van der Waals surface area (Å²) in [5, 5.41) is 13.4. The van der Waals surface area contributed by atoms with E-state index >= 15 is 0 Å². The fourth-order valence-electron chi connectivity index (χ4n) is 1.60. The first-order valence-electron chi connectivity index (χ1n) is 5.74. The Labute approximate surface area is 102 Å². The lowest BCUT2D eigenvalue weighted by Crippen LogP contribution is -2.29. The van der Waals surface area contributed by atoms with Crippen LogP contribution in [0, 0.1) is 5.82 Å². The first-order chi connectivity index (χ1) is 8.06. The fourth-order valence-corrected chi connectivity index (χ4v) is 1.60. The van der Waals surface area contributed by atoms with E-state index in [0.29, 0.717) is 25.1 Å². The summed E-state index contributed by atoms with van der Waals surface area (Å²) in [4.78, 5) is 0. The molecule has 17 heavy (non-hydrogen) atoms. The third-order valence-electron chi connectivity index (χ3n) is 2.72. The molecule has 0 aliphatic heterocycles. The third-order valence-corrected chi connectivity index (χ3v) is 2.72. The van der Waals surface area contributed by atoms with Gasteiger partial charge in [-0.1, -0.05) is 12.1 Å². The monoisotopic (exact) mass is 241 g/mol. The molecule has 0 bridgehead atoms. The van der Waals surface area contributed by atoms with Crippen LogP contribution in [-0.4, -0.2) is 31.9 Å². The van der Waals surface area contributed by atoms with Crippen LogP contribution in [0.5, 0.6) is 0 Å². The molecule has 1 unspecified atom stereocenters. The summed E-state index contributed by atoms with van der Waals surface area (Å²) in [6, 6.07) is 6.08. The molecule has 0 saturated carbocycles. The second-order valence-electron chi connectivity index (χ2n) is 4.28. The molecule has 0 heterocycles. The standard InChI is InChI=1S/C13H20FNO2/c1-13(16,6-7-15-8-9-17-2)11-4-3-5-12(14)10-11/h3-5,10,15-16H,6-9H2,1-2H3. The molecule has 0 aliphatic carbocycles. The second kappa shape index (κ2) is 6.69. The molecule has 0 saturated heterocycles. The zero-order valence-corrected chi connectivity index (χ0v) is 10.4. The number of hydrogen-bond donors (Lipinski definition) is 2. The van der Waals surface area contributed by atoms with Crippen molar-refractivity contribution in [3.63, 3.8) is 0 Å². The first kappa shape index (κ1) is 14.1. The van der Waals surface area contributed by atoms with Crippen molar-refractivity contribution in [2.45, 2.75) is 18.9 Å². The van der Waals surface area contributed by atoms with Crippen LogP contribution in [0.3, 0.4) is 0 Å². The summed E-state index contributed by atoms with van der Waals surface area (Å²) >= 11 is 0. The average Bonchev–Trinajstić information content (AvgIpc) is 2.29. The van der Waals surface area contributed by atoms with Crippen LogP contribution in [0.4, 0.5) is 4.39 Å². The fraction of sp³-hybridized carbons (Fsp3) is 0.538. The molecular weight excluding hydrogens is 221 g/mol. The lowest BCUT2D eigenvalue weighted by Gasteiger charge is -2.24. The number of aliphatic hydroxyl groups is 1. The van der Waals surface area contributed by atoms with E-state index in [-0.39, 0.29) is 5.82 Å². The Kier molecular flexibility index (Phi) is 5.55. The van der Waals surface area contributed by atoms with E-state index < -0.39 is 5.60 Å². The Balaban J connectivity index is 2.45. The molecule has 0 spiro atoms. The van der Waals surface area contributed by atoms with Crippen molar-refractivity contribution < 1.29 is 14.2 Å². The molecule has 1 aromatic carbocycles. The van der Waals surface area contributed by atoms with E-state index in [2.05, 4.69) is 5.32 Å². The van der Waals surface area contributed by atoms with Gasteiger partial charge in [0, 0.05) is 13.7 Å². The van der Waals surface area contributed by atoms with E-state index in [0.717, 1.165) is 6.54 Å². The minimum absolute atomic E-state index is 0.324. The predicted octanol–water partition coefficient (Wildman–Crippen LogP) is 1.66. The Bertz CT molecular complexity index is 342. The lowest BCUT2D eigenvalue weighted by atomic mass is 9.92. The van der Waals surface area contributed by atoms with Gasteiger partial charge < -0.3 is 15.2 Å². The molecule has 96 valence electrons. The molecule has 1 atom stereocenters. The maximum absolute atomic E-state index is 13.0. The van der Waals surface area contributed by atoms with E-state index in [1.54, 1.807) is 26.2 Å². The lowest BCUT2D eigenvalue weighted by molar-refractivity contribution is 0.0472. The Morgan fingerprint density at radius 1 is 1.41 bits per heavy atom. The van der Waals surface area contributed by atoms with Crippen molar-refractivity contribution in [1.29, 1.82) is 0 Å². The van der Waals surface area contributed by atoms with Crippen LogP contribution in [0.2, 0.25) is 0 Å². The van der Waals surface area contributed by atoms with Gasteiger partial charge in [0.15, 0.2) is 0 Å². The molecular formula is C13H20FNO2. The van der Waals surface area contributed by atoms with Gasteiger partial charge in [0.05, 0.1) is 12.2 Å². The summed E-state index contributed by atoms with van der Waals surface area (Å²) in [5.74, 6) is -0.324. The normalized spacial score (nSPS) is 14.6. The van der Waals surface area contributed by atoms with E-state index in [1.807, 2.05) is 0 Å². The van der Waals surface area contributed by atoms with Crippen molar-refractivity contribution in [1.82, 2.24) is 5.32 Å².